The Hall–Kier alpha value is -3.08. The van der Waals surface area contributed by atoms with Gasteiger partial charge in [0, 0.05) is 37.9 Å². The summed E-state index contributed by atoms with van der Waals surface area (Å²) < 4.78 is 34.4. The van der Waals surface area contributed by atoms with Crippen molar-refractivity contribution in [2.24, 2.45) is 0 Å². The number of anilines is 1. The molecule has 3 heterocycles. The van der Waals surface area contributed by atoms with Crippen LogP contribution in [0, 0.1) is 0 Å². The van der Waals surface area contributed by atoms with Crippen molar-refractivity contribution in [1.29, 1.82) is 0 Å². The number of nitrogens with zero attached hydrogens (tertiary/aromatic N) is 4. The molecule has 1 aromatic carbocycles. The van der Waals surface area contributed by atoms with Crippen molar-refractivity contribution >= 4 is 34.5 Å². The zero-order valence-corrected chi connectivity index (χ0v) is 22.8. The Morgan fingerprint density at radius 2 is 1.72 bits per heavy atom. The van der Waals surface area contributed by atoms with E-state index < -0.39 is 29.2 Å². The molecule has 1 N–H and O–H groups in total. The minimum atomic E-state index is -2.69. The van der Waals surface area contributed by atoms with Crippen LogP contribution in [0.4, 0.5) is 19.3 Å². The number of fused-ring (bicyclic) bond motifs is 1. The second-order valence-corrected chi connectivity index (χ2v) is 12.0. The molecule has 3 aliphatic rings. The molecule has 1 atom stereocenters. The van der Waals surface area contributed by atoms with Crippen molar-refractivity contribution in [3.8, 4) is 0 Å². The van der Waals surface area contributed by atoms with Gasteiger partial charge in [-0.05, 0) is 58.6 Å². The summed E-state index contributed by atoms with van der Waals surface area (Å²) >= 11 is 0. The van der Waals surface area contributed by atoms with E-state index in [1.54, 1.807) is 43.9 Å². The summed E-state index contributed by atoms with van der Waals surface area (Å²) in [6.45, 7) is 6.15. The van der Waals surface area contributed by atoms with Crippen LogP contribution in [0.25, 0.3) is 10.9 Å². The molecule has 39 heavy (non-hydrogen) atoms. The highest BCUT2D eigenvalue weighted by Gasteiger charge is 2.52. The first-order valence-corrected chi connectivity index (χ1v) is 13.9. The molecule has 1 aliphatic carbocycles. The standard InChI is InChI=1S/C28H37F2N5O4/c1-26(2,3)39-25(38)35-21-9-6-8-20(19(21)18-31-35)32-23(36)22-10-7-15-34(22)24(37)27(11-4-5-12-27)33-16-13-28(29,30)14-17-33/h6,8-9,18,22H,4-5,7,10-17H2,1-3H3,(H,32,36)/t22-/m1/s1. The van der Waals surface area contributed by atoms with Gasteiger partial charge in [-0.3, -0.25) is 14.5 Å². The summed E-state index contributed by atoms with van der Waals surface area (Å²) in [7, 11) is 0. The average molecular weight is 546 g/mol. The summed E-state index contributed by atoms with van der Waals surface area (Å²) in [4.78, 5) is 43.8. The van der Waals surface area contributed by atoms with Crippen LogP contribution in [-0.2, 0) is 14.3 Å². The molecule has 2 amide bonds. The van der Waals surface area contributed by atoms with Crippen molar-refractivity contribution in [3.05, 3.63) is 24.4 Å². The molecule has 2 aromatic rings. The van der Waals surface area contributed by atoms with E-state index >= 15 is 0 Å². The maximum absolute atomic E-state index is 14.1. The fourth-order valence-electron chi connectivity index (χ4n) is 6.26. The van der Waals surface area contributed by atoms with Gasteiger partial charge in [0.15, 0.2) is 0 Å². The lowest BCUT2D eigenvalue weighted by atomic mass is 9.89. The Kier molecular flexibility index (Phi) is 7.15. The van der Waals surface area contributed by atoms with Gasteiger partial charge < -0.3 is 15.0 Å². The number of hydrogen-bond donors (Lipinski definition) is 1. The Bertz CT molecular complexity index is 1250. The highest BCUT2D eigenvalue weighted by Crippen LogP contribution is 2.42. The third-order valence-electron chi connectivity index (χ3n) is 8.18. The summed E-state index contributed by atoms with van der Waals surface area (Å²) in [5.74, 6) is -3.11. The SMILES string of the molecule is CC(C)(C)OC(=O)n1ncc2c(NC(=O)[C@H]3CCCN3C(=O)C3(N4CCC(F)(F)CC4)CCCC3)cccc21. The molecule has 2 aliphatic heterocycles. The Balaban J connectivity index is 1.34. The Morgan fingerprint density at radius 1 is 1.03 bits per heavy atom. The van der Waals surface area contributed by atoms with Crippen LogP contribution in [0.5, 0.6) is 0 Å². The van der Waals surface area contributed by atoms with Crippen molar-refractivity contribution in [2.45, 2.75) is 95.2 Å². The second kappa shape index (κ2) is 10.1. The van der Waals surface area contributed by atoms with Crippen molar-refractivity contribution < 1.29 is 27.9 Å². The lowest BCUT2D eigenvalue weighted by Crippen LogP contribution is -2.62. The molecule has 0 unspecified atom stereocenters. The van der Waals surface area contributed by atoms with E-state index in [-0.39, 0.29) is 37.7 Å². The molecule has 11 heteroatoms. The topological polar surface area (TPSA) is 96.8 Å². The van der Waals surface area contributed by atoms with Crippen LogP contribution < -0.4 is 5.32 Å². The number of amides is 2. The van der Waals surface area contributed by atoms with Crippen LogP contribution in [0.2, 0.25) is 0 Å². The summed E-state index contributed by atoms with van der Waals surface area (Å²) in [5, 5.41) is 7.71. The second-order valence-electron chi connectivity index (χ2n) is 12.0. The van der Waals surface area contributed by atoms with E-state index in [1.807, 2.05) is 4.90 Å². The molecule has 0 radical (unpaired) electrons. The van der Waals surface area contributed by atoms with Gasteiger partial charge in [-0.2, -0.15) is 9.78 Å². The maximum atomic E-state index is 14.1. The molecular formula is C28H37F2N5O4. The third-order valence-corrected chi connectivity index (χ3v) is 8.18. The number of hydrogen-bond acceptors (Lipinski definition) is 6. The van der Waals surface area contributed by atoms with Gasteiger partial charge in [-0.25, -0.2) is 13.6 Å². The molecule has 5 rings (SSSR count). The largest absolute Gasteiger partial charge is 0.442 e. The zero-order valence-electron chi connectivity index (χ0n) is 22.8. The van der Waals surface area contributed by atoms with E-state index in [4.69, 9.17) is 4.74 Å². The van der Waals surface area contributed by atoms with Gasteiger partial charge in [-0.15, -0.1) is 0 Å². The van der Waals surface area contributed by atoms with Gasteiger partial charge in [0.2, 0.25) is 11.8 Å². The number of carbonyl (C=O) groups excluding carboxylic acids is 3. The lowest BCUT2D eigenvalue weighted by Gasteiger charge is -2.46. The number of aromatic nitrogens is 2. The first-order chi connectivity index (χ1) is 18.4. The average Bonchev–Trinajstić information content (AvgIpc) is 3.62. The molecule has 0 bridgehead atoms. The van der Waals surface area contributed by atoms with E-state index in [9.17, 15) is 23.2 Å². The van der Waals surface area contributed by atoms with Crippen molar-refractivity contribution in [2.75, 3.05) is 25.0 Å². The first kappa shape index (κ1) is 27.5. The van der Waals surface area contributed by atoms with Crippen LogP contribution in [0.1, 0.15) is 72.1 Å². The molecule has 1 aromatic heterocycles. The van der Waals surface area contributed by atoms with Gasteiger partial charge in [-0.1, -0.05) is 18.9 Å². The van der Waals surface area contributed by atoms with E-state index in [1.165, 1.54) is 6.20 Å². The van der Waals surface area contributed by atoms with E-state index in [0.717, 1.165) is 17.5 Å². The number of ether oxygens (including phenoxy) is 1. The van der Waals surface area contributed by atoms with E-state index in [2.05, 4.69) is 10.4 Å². The molecule has 1 saturated carbocycles. The number of alkyl halides is 2. The van der Waals surface area contributed by atoms with Crippen LogP contribution >= 0.6 is 0 Å². The number of nitrogens with one attached hydrogen (secondary N) is 1. The minimum Gasteiger partial charge on any atom is -0.442 e. The van der Waals surface area contributed by atoms with Gasteiger partial charge in [0.25, 0.3) is 5.92 Å². The van der Waals surface area contributed by atoms with Crippen molar-refractivity contribution in [1.82, 2.24) is 19.6 Å². The van der Waals surface area contributed by atoms with Crippen LogP contribution in [0.15, 0.2) is 24.4 Å². The van der Waals surface area contributed by atoms with Crippen LogP contribution in [-0.4, -0.2) is 80.2 Å². The number of piperidine rings is 1. The number of halogens is 2. The Morgan fingerprint density at radius 3 is 2.38 bits per heavy atom. The number of benzene rings is 1. The number of carbonyl (C=O) groups is 3. The molecule has 9 nitrogen and oxygen atoms in total. The predicted octanol–water partition coefficient (Wildman–Crippen LogP) is 4.79. The Labute approximate surface area is 226 Å². The molecule has 2 saturated heterocycles. The van der Waals surface area contributed by atoms with Gasteiger partial charge in [0.1, 0.15) is 17.2 Å². The summed E-state index contributed by atoms with van der Waals surface area (Å²) in [5.41, 5.74) is -0.520. The first-order valence-electron chi connectivity index (χ1n) is 13.9. The predicted molar refractivity (Wildman–Crippen MR) is 142 cm³/mol. The normalized spacial score (nSPS) is 23.2. The number of rotatable bonds is 4. The minimum absolute atomic E-state index is 0.112. The third kappa shape index (κ3) is 5.37. The highest BCUT2D eigenvalue weighted by atomic mass is 19.3. The van der Waals surface area contributed by atoms with Crippen molar-refractivity contribution in [3.63, 3.8) is 0 Å². The smallest absolute Gasteiger partial charge is 0.435 e. The van der Waals surface area contributed by atoms with Crippen LogP contribution in [0.3, 0.4) is 0 Å². The van der Waals surface area contributed by atoms with Gasteiger partial charge >= 0.3 is 6.09 Å². The molecular weight excluding hydrogens is 508 g/mol. The quantitative estimate of drug-likeness (QED) is 0.593. The molecule has 3 fully saturated rings. The zero-order chi connectivity index (χ0) is 28.0. The highest BCUT2D eigenvalue weighted by molar-refractivity contribution is 6.05. The molecule has 0 spiro atoms. The number of likely N-dealkylation sites (tertiary alicyclic amines) is 2. The van der Waals surface area contributed by atoms with Gasteiger partial charge in [0.05, 0.1) is 17.4 Å². The summed E-state index contributed by atoms with van der Waals surface area (Å²) in [6.07, 6.45) is 4.62. The van der Waals surface area contributed by atoms with E-state index in [0.29, 0.717) is 48.8 Å². The fourth-order valence-corrected chi connectivity index (χ4v) is 6.26. The lowest BCUT2D eigenvalue weighted by molar-refractivity contribution is -0.152. The maximum Gasteiger partial charge on any atom is 0.435 e. The fraction of sp³-hybridized carbons (Fsp3) is 0.643. The molecule has 212 valence electrons. The summed E-state index contributed by atoms with van der Waals surface area (Å²) in [6, 6.07) is 4.52. The monoisotopic (exact) mass is 545 g/mol.